The lowest BCUT2D eigenvalue weighted by Gasteiger charge is -2.29. The Balaban J connectivity index is 2.72. The van der Waals surface area contributed by atoms with Crippen LogP contribution in [0.25, 0.3) is 0 Å². The van der Waals surface area contributed by atoms with Gasteiger partial charge in [0.2, 0.25) is 0 Å². The monoisotopic (exact) mass is 255 g/mol. The first-order valence-electron chi connectivity index (χ1n) is 6.12. The lowest BCUT2D eigenvalue weighted by atomic mass is 9.81. The van der Waals surface area contributed by atoms with Crippen LogP contribution in [0.1, 0.15) is 40.4 Å². The van der Waals surface area contributed by atoms with E-state index < -0.39 is 0 Å². The van der Waals surface area contributed by atoms with Gasteiger partial charge in [-0.2, -0.15) is 0 Å². The number of halogens is 1. The van der Waals surface area contributed by atoms with E-state index in [1.165, 1.54) is 0 Å². The van der Waals surface area contributed by atoms with Crippen molar-refractivity contribution in [2.24, 2.45) is 11.3 Å². The van der Waals surface area contributed by atoms with Gasteiger partial charge in [0.1, 0.15) is 16.8 Å². The Morgan fingerprint density at radius 1 is 1.35 bits per heavy atom. The van der Waals surface area contributed by atoms with E-state index in [0.717, 1.165) is 24.6 Å². The van der Waals surface area contributed by atoms with Crippen molar-refractivity contribution in [1.82, 2.24) is 9.97 Å². The molecule has 0 aliphatic rings. The first kappa shape index (κ1) is 14.2. The van der Waals surface area contributed by atoms with Gasteiger partial charge in [-0.25, -0.2) is 9.97 Å². The van der Waals surface area contributed by atoms with E-state index in [2.05, 4.69) is 43.0 Å². The summed E-state index contributed by atoms with van der Waals surface area (Å²) in [5.41, 5.74) is 0.226. The Bertz CT molecular complexity index is 375. The molecule has 0 unspecified atom stereocenters. The molecule has 0 aliphatic carbocycles. The van der Waals surface area contributed by atoms with Crippen LogP contribution in [0.2, 0.25) is 5.15 Å². The molecule has 4 heteroatoms. The van der Waals surface area contributed by atoms with E-state index in [4.69, 9.17) is 11.6 Å². The summed E-state index contributed by atoms with van der Waals surface area (Å²) in [5, 5.41) is 3.85. The summed E-state index contributed by atoms with van der Waals surface area (Å²) in [7, 11) is 0. The van der Waals surface area contributed by atoms with E-state index in [-0.39, 0.29) is 5.41 Å². The highest BCUT2D eigenvalue weighted by Gasteiger charge is 2.22. The molecule has 1 N–H and O–H groups in total. The average molecular weight is 256 g/mol. The van der Waals surface area contributed by atoms with Gasteiger partial charge in [-0.3, -0.25) is 0 Å². The van der Waals surface area contributed by atoms with Gasteiger partial charge >= 0.3 is 0 Å². The Hall–Kier alpha value is -0.830. The standard InChI is InChI=1S/C13H22ClN3/c1-6-11-16-10(14)7-12(17-11)15-8-13(4,5)9(2)3/h7,9H,6,8H2,1-5H3,(H,15,16,17). The van der Waals surface area contributed by atoms with E-state index in [1.54, 1.807) is 6.07 Å². The Kier molecular flexibility index (Phi) is 4.75. The minimum atomic E-state index is 0.226. The highest BCUT2D eigenvalue weighted by atomic mass is 35.5. The predicted molar refractivity (Wildman–Crippen MR) is 73.5 cm³/mol. The maximum atomic E-state index is 5.95. The second-order valence-electron chi connectivity index (χ2n) is 5.34. The molecule has 96 valence electrons. The summed E-state index contributed by atoms with van der Waals surface area (Å²) in [5.74, 6) is 2.20. The van der Waals surface area contributed by atoms with Gasteiger partial charge in [-0.15, -0.1) is 0 Å². The maximum Gasteiger partial charge on any atom is 0.134 e. The van der Waals surface area contributed by atoms with Crippen molar-refractivity contribution in [1.29, 1.82) is 0 Å². The summed E-state index contributed by atoms with van der Waals surface area (Å²) in [4.78, 5) is 8.55. The molecule has 0 atom stereocenters. The number of nitrogens with zero attached hydrogens (tertiary/aromatic N) is 2. The molecule has 0 bridgehead atoms. The zero-order valence-electron chi connectivity index (χ0n) is 11.3. The molecule has 0 saturated carbocycles. The molecule has 0 radical (unpaired) electrons. The van der Waals surface area contributed by atoms with E-state index >= 15 is 0 Å². The van der Waals surface area contributed by atoms with Crippen molar-refractivity contribution in [2.75, 3.05) is 11.9 Å². The van der Waals surface area contributed by atoms with Crippen LogP contribution in [-0.4, -0.2) is 16.5 Å². The van der Waals surface area contributed by atoms with E-state index in [0.29, 0.717) is 11.1 Å². The molecule has 0 fully saturated rings. The summed E-state index contributed by atoms with van der Waals surface area (Å²) >= 11 is 5.95. The Morgan fingerprint density at radius 3 is 2.53 bits per heavy atom. The highest BCUT2D eigenvalue weighted by molar-refractivity contribution is 6.29. The fourth-order valence-electron chi connectivity index (χ4n) is 1.24. The van der Waals surface area contributed by atoms with Gasteiger partial charge in [-0.1, -0.05) is 46.2 Å². The van der Waals surface area contributed by atoms with Crippen LogP contribution in [-0.2, 0) is 6.42 Å². The number of nitrogens with one attached hydrogen (secondary N) is 1. The molecule has 0 aromatic carbocycles. The van der Waals surface area contributed by atoms with Crippen LogP contribution >= 0.6 is 11.6 Å². The minimum absolute atomic E-state index is 0.226. The first-order chi connectivity index (χ1) is 7.85. The highest BCUT2D eigenvalue weighted by Crippen LogP contribution is 2.26. The van der Waals surface area contributed by atoms with Gasteiger partial charge in [0.15, 0.2) is 0 Å². The zero-order chi connectivity index (χ0) is 13.1. The molecule has 17 heavy (non-hydrogen) atoms. The molecule has 1 aromatic heterocycles. The summed E-state index contributed by atoms with van der Waals surface area (Å²) in [6, 6.07) is 1.77. The molecule has 0 spiro atoms. The van der Waals surface area contributed by atoms with Crippen LogP contribution in [0.15, 0.2) is 6.07 Å². The number of hydrogen-bond acceptors (Lipinski definition) is 3. The van der Waals surface area contributed by atoms with Crippen molar-refractivity contribution >= 4 is 17.4 Å². The van der Waals surface area contributed by atoms with Gasteiger partial charge in [0.05, 0.1) is 0 Å². The van der Waals surface area contributed by atoms with Gasteiger partial charge < -0.3 is 5.32 Å². The third-order valence-corrected chi connectivity index (χ3v) is 3.54. The van der Waals surface area contributed by atoms with Crippen LogP contribution < -0.4 is 5.32 Å². The number of anilines is 1. The maximum absolute atomic E-state index is 5.95. The van der Waals surface area contributed by atoms with Gasteiger partial charge in [0.25, 0.3) is 0 Å². The number of hydrogen-bond donors (Lipinski definition) is 1. The summed E-state index contributed by atoms with van der Waals surface area (Å²) in [6.45, 7) is 11.8. The van der Waals surface area contributed by atoms with E-state index in [9.17, 15) is 0 Å². The van der Waals surface area contributed by atoms with Crippen molar-refractivity contribution in [3.05, 3.63) is 17.0 Å². The van der Waals surface area contributed by atoms with E-state index in [1.807, 2.05) is 6.92 Å². The zero-order valence-corrected chi connectivity index (χ0v) is 12.1. The van der Waals surface area contributed by atoms with Crippen molar-refractivity contribution in [2.45, 2.75) is 41.0 Å². The molecule has 0 saturated heterocycles. The molecule has 3 nitrogen and oxygen atoms in total. The molecule has 0 amide bonds. The molecular weight excluding hydrogens is 234 g/mol. The Labute approximate surface area is 109 Å². The molecule has 1 aromatic rings. The molecule has 1 heterocycles. The number of aryl methyl sites for hydroxylation is 1. The Morgan fingerprint density at radius 2 is 2.00 bits per heavy atom. The quantitative estimate of drug-likeness (QED) is 0.814. The minimum Gasteiger partial charge on any atom is -0.369 e. The smallest absolute Gasteiger partial charge is 0.134 e. The molecule has 0 aliphatic heterocycles. The van der Waals surface area contributed by atoms with Crippen LogP contribution in [0, 0.1) is 11.3 Å². The predicted octanol–water partition coefficient (Wildman–Crippen LogP) is 3.79. The average Bonchev–Trinajstić information content (AvgIpc) is 2.25. The number of aromatic nitrogens is 2. The fraction of sp³-hybridized carbons (Fsp3) is 0.692. The lowest BCUT2D eigenvalue weighted by molar-refractivity contribution is 0.269. The van der Waals surface area contributed by atoms with Crippen LogP contribution in [0.3, 0.4) is 0 Å². The lowest BCUT2D eigenvalue weighted by Crippen LogP contribution is -2.28. The third-order valence-electron chi connectivity index (χ3n) is 3.35. The summed E-state index contributed by atoms with van der Waals surface area (Å²) in [6.07, 6.45) is 0.794. The molecule has 1 rings (SSSR count). The number of rotatable bonds is 5. The first-order valence-corrected chi connectivity index (χ1v) is 6.50. The normalized spacial score (nSPS) is 11.9. The SMILES string of the molecule is CCc1nc(Cl)cc(NCC(C)(C)C(C)C)n1. The fourth-order valence-corrected chi connectivity index (χ4v) is 1.44. The van der Waals surface area contributed by atoms with Crippen molar-refractivity contribution in [3.63, 3.8) is 0 Å². The van der Waals surface area contributed by atoms with Crippen molar-refractivity contribution < 1.29 is 0 Å². The topological polar surface area (TPSA) is 37.8 Å². The van der Waals surface area contributed by atoms with Gasteiger partial charge in [-0.05, 0) is 11.3 Å². The van der Waals surface area contributed by atoms with Gasteiger partial charge in [0, 0.05) is 19.0 Å². The van der Waals surface area contributed by atoms with Crippen molar-refractivity contribution in [3.8, 4) is 0 Å². The molecular formula is C13H22ClN3. The second-order valence-corrected chi connectivity index (χ2v) is 5.73. The second kappa shape index (κ2) is 5.67. The van der Waals surface area contributed by atoms with Crippen LogP contribution in [0.4, 0.5) is 5.82 Å². The largest absolute Gasteiger partial charge is 0.369 e. The van der Waals surface area contributed by atoms with Crippen LogP contribution in [0.5, 0.6) is 0 Å². The third kappa shape index (κ3) is 4.15. The summed E-state index contributed by atoms with van der Waals surface area (Å²) < 4.78 is 0.